The Morgan fingerprint density at radius 2 is 2.03 bits per heavy atom. The quantitative estimate of drug-likeness (QED) is 0.334. The maximum Gasteiger partial charge on any atom is 0.266 e. The van der Waals surface area contributed by atoms with Crippen LogP contribution in [0.2, 0.25) is 0 Å². The first kappa shape index (κ1) is 21.3. The largest absolute Gasteiger partial charge is 0.348 e. The molecule has 0 radical (unpaired) electrons. The second-order valence-corrected chi connectivity index (χ2v) is 9.00. The Labute approximate surface area is 187 Å². The van der Waals surface area contributed by atoms with Gasteiger partial charge in [0.15, 0.2) is 5.16 Å². The minimum absolute atomic E-state index is 0.0782. The number of nitrogens with one attached hydrogen (secondary N) is 1. The number of hydrogen-bond donors (Lipinski definition) is 1. The number of rotatable bonds is 6. The number of aryl methyl sites for hydroxylation is 1. The van der Waals surface area contributed by atoms with Crippen molar-refractivity contribution in [2.75, 3.05) is 5.75 Å². The van der Waals surface area contributed by atoms with Gasteiger partial charge in [-0.25, -0.2) is 9.37 Å². The summed E-state index contributed by atoms with van der Waals surface area (Å²) in [6.45, 7) is 3.59. The molecule has 4 rings (SSSR count). The zero-order valence-corrected chi connectivity index (χ0v) is 18.6. The molecule has 1 amide bonds. The topological polar surface area (TPSA) is 64.0 Å². The summed E-state index contributed by atoms with van der Waals surface area (Å²) < 4.78 is 15.6. The van der Waals surface area contributed by atoms with E-state index >= 15 is 0 Å². The number of halogens is 1. The normalized spacial score (nSPS) is 12.1. The molecule has 31 heavy (non-hydrogen) atoms. The first-order chi connectivity index (χ1) is 14.9. The van der Waals surface area contributed by atoms with Gasteiger partial charge in [0, 0.05) is 4.88 Å². The van der Waals surface area contributed by atoms with Crippen LogP contribution in [0.4, 0.5) is 4.39 Å². The predicted molar refractivity (Wildman–Crippen MR) is 124 cm³/mol. The lowest BCUT2D eigenvalue weighted by Crippen LogP contribution is -2.28. The number of carbonyl (C=O) groups excluding carboxylic acids is 1. The fourth-order valence-electron chi connectivity index (χ4n) is 3.18. The highest BCUT2D eigenvalue weighted by molar-refractivity contribution is 7.99. The molecule has 2 aromatic carbocycles. The minimum atomic E-state index is -0.406. The first-order valence-electron chi connectivity index (χ1n) is 9.68. The molecule has 0 saturated heterocycles. The lowest BCUT2D eigenvalue weighted by Gasteiger charge is -2.15. The van der Waals surface area contributed by atoms with Gasteiger partial charge in [-0.1, -0.05) is 36.0 Å². The smallest absolute Gasteiger partial charge is 0.266 e. The molecular weight excluding hydrogens is 433 g/mol. The molecule has 5 nitrogen and oxygen atoms in total. The number of aromatic nitrogens is 2. The van der Waals surface area contributed by atoms with Gasteiger partial charge in [-0.3, -0.25) is 14.2 Å². The summed E-state index contributed by atoms with van der Waals surface area (Å²) in [6, 6.07) is 15.4. The van der Waals surface area contributed by atoms with Crippen LogP contribution in [0.3, 0.4) is 0 Å². The molecule has 0 bridgehead atoms. The molecule has 0 fully saturated rings. The van der Waals surface area contributed by atoms with Crippen LogP contribution in [0.25, 0.3) is 16.6 Å². The summed E-state index contributed by atoms with van der Waals surface area (Å²) >= 11 is 2.73. The first-order valence-corrected chi connectivity index (χ1v) is 11.5. The summed E-state index contributed by atoms with van der Waals surface area (Å²) in [4.78, 5) is 31.4. The maximum atomic E-state index is 14.2. The number of thiophene rings is 1. The van der Waals surface area contributed by atoms with Crippen molar-refractivity contribution in [2.45, 2.75) is 25.0 Å². The van der Waals surface area contributed by atoms with E-state index in [1.54, 1.807) is 54.7 Å². The van der Waals surface area contributed by atoms with E-state index < -0.39 is 5.82 Å². The van der Waals surface area contributed by atoms with Gasteiger partial charge in [-0.2, -0.15) is 0 Å². The monoisotopic (exact) mass is 453 g/mol. The van der Waals surface area contributed by atoms with E-state index in [0.717, 1.165) is 16.6 Å². The van der Waals surface area contributed by atoms with Crippen LogP contribution in [-0.2, 0) is 4.79 Å². The Balaban J connectivity index is 1.66. The van der Waals surface area contributed by atoms with Crippen LogP contribution >= 0.6 is 23.1 Å². The molecule has 0 aliphatic heterocycles. The number of hydrogen-bond acceptors (Lipinski definition) is 5. The lowest BCUT2D eigenvalue weighted by molar-refractivity contribution is -0.119. The van der Waals surface area contributed by atoms with Crippen molar-refractivity contribution in [3.05, 3.63) is 86.6 Å². The Morgan fingerprint density at radius 3 is 2.77 bits per heavy atom. The summed E-state index contributed by atoms with van der Waals surface area (Å²) in [5.41, 5.74) is 1.10. The number of fused-ring (bicyclic) bond motifs is 1. The highest BCUT2D eigenvalue weighted by Gasteiger charge is 2.17. The zero-order chi connectivity index (χ0) is 22.0. The molecule has 1 N–H and O–H groups in total. The zero-order valence-electron chi connectivity index (χ0n) is 17.0. The van der Waals surface area contributed by atoms with E-state index in [9.17, 15) is 14.0 Å². The van der Waals surface area contributed by atoms with Crippen LogP contribution in [0.5, 0.6) is 0 Å². The number of para-hydroxylation sites is 1. The van der Waals surface area contributed by atoms with Crippen molar-refractivity contribution in [1.29, 1.82) is 0 Å². The van der Waals surface area contributed by atoms with E-state index in [4.69, 9.17) is 0 Å². The van der Waals surface area contributed by atoms with E-state index in [0.29, 0.717) is 27.3 Å². The molecule has 8 heteroatoms. The van der Waals surface area contributed by atoms with Gasteiger partial charge in [0.1, 0.15) is 5.82 Å². The molecular formula is C23H20FN3O2S2. The Morgan fingerprint density at radius 1 is 1.23 bits per heavy atom. The van der Waals surface area contributed by atoms with Gasteiger partial charge < -0.3 is 5.32 Å². The SMILES string of the molecule is Cc1ccc(-n2c(SCC(=O)NC(C)c3cccs3)nc3ccccc3c2=O)cc1F. The third-order valence-electron chi connectivity index (χ3n) is 4.84. The summed E-state index contributed by atoms with van der Waals surface area (Å²) in [7, 11) is 0. The lowest BCUT2D eigenvalue weighted by atomic mass is 10.2. The van der Waals surface area contributed by atoms with Crippen molar-refractivity contribution in [3.63, 3.8) is 0 Å². The van der Waals surface area contributed by atoms with Crippen molar-refractivity contribution in [3.8, 4) is 5.69 Å². The van der Waals surface area contributed by atoms with Crippen molar-refractivity contribution in [2.24, 2.45) is 0 Å². The highest BCUT2D eigenvalue weighted by atomic mass is 32.2. The Bertz CT molecular complexity index is 1300. The average molecular weight is 454 g/mol. The molecule has 2 aromatic heterocycles. The molecule has 1 atom stereocenters. The molecule has 158 valence electrons. The number of nitrogens with zero attached hydrogens (tertiary/aromatic N) is 2. The van der Waals surface area contributed by atoms with Gasteiger partial charge in [0.05, 0.1) is 28.4 Å². The van der Waals surface area contributed by atoms with E-state index in [1.807, 2.05) is 24.4 Å². The van der Waals surface area contributed by atoms with E-state index in [2.05, 4.69) is 10.3 Å². The second-order valence-electron chi connectivity index (χ2n) is 7.08. The number of amides is 1. The molecule has 2 heterocycles. The van der Waals surface area contributed by atoms with Crippen molar-refractivity contribution in [1.82, 2.24) is 14.9 Å². The molecule has 0 spiro atoms. The average Bonchev–Trinajstić information content (AvgIpc) is 3.30. The third-order valence-corrected chi connectivity index (χ3v) is 6.83. The van der Waals surface area contributed by atoms with Gasteiger partial charge >= 0.3 is 0 Å². The van der Waals surface area contributed by atoms with Gasteiger partial charge in [-0.05, 0) is 55.1 Å². The van der Waals surface area contributed by atoms with Crippen LogP contribution < -0.4 is 10.9 Å². The third kappa shape index (κ3) is 4.55. The van der Waals surface area contributed by atoms with Crippen molar-refractivity contribution >= 4 is 39.9 Å². The molecule has 1 unspecified atom stereocenters. The van der Waals surface area contributed by atoms with Gasteiger partial charge in [0.25, 0.3) is 5.56 Å². The fourth-order valence-corrected chi connectivity index (χ4v) is 4.74. The summed E-state index contributed by atoms with van der Waals surface area (Å²) in [6.07, 6.45) is 0. The molecule has 0 aliphatic rings. The Kier molecular flexibility index (Phi) is 6.20. The van der Waals surface area contributed by atoms with Crippen LogP contribution in [0.1, 0.15) is 23.4 Å². The maximum absolute atomic E-state index is 14.2. The Hall–Kier alpha value is -2.97. The van der Waals surface area contributed by atoms with Crippen LogP contribution in [-0.4, -0.2) is 21.2 Å². The standard InChI is InChI=1S/C23H20FN3O2S2/c1-14-9-10-16(12-18(14)24)27-22(29)17-6-3-4-7-19(17)26-23(27)31-13-21(28)25-15(2)20-8-5-11-30-20/h3-12,15H,13H2,1-2H3,(H,25,28). The van der Waals surface area contributed by atoms with Gasteiger partial charge in [0.2, 0.25) is 5.91 Å². The van der Waals surface area contributed by atoms with E-state index in [1.165, 1.54) is 10.6 Å². The van der Waals surface area contributed by atoms with Crippen molar-refractivity contribution < 1.29 is 9.18 Å². The van der Waals surface area contributed by atoms with Crippen LogP contribution in [0.15, 0.2) is 69.9 Å². The minimum Gasteiger partial charge on any atom is -0.348 e. The van der Waals surface area contributed by atoms with E-state index in [-0.39, 0.29) is 23.3 Å². The fraction of sp³-hybridized carbons (Fsp3) is 0.174. The van der Waals surface area contributed by atoms with Crippen LogP contribution in [0, 0.1) is 12.7 Å². The number of carbonyl (C=O) groups is 1. The van der Waals surface area contributed by atoms with Gasteiger partial charge in [-0.15, -0.1) is 11.3 Å². The molecule has 0 aliphatic carbocycles. The second kappa shape index (κ2) is 9.03. The summed E-state index contributed by atoms with van der Waals surface area (Å²) in [5.74, 6) is -0.500. The molecule has 0 saturated carbocycles. The molecule has 4 aromatic rings. The summed E-state index contributed by atoms with van der Waals surface area (Å²) in [5, 5.41) is 5.69. The highest BCUT2D eigenvalue weighted by Crippen LogP contribution is 2.23. The number of thioether (sulfide) groups is 1. The number of benzene rings is 2. The predicted octanol–water partition coefficient (Wildman–Crippen LogP) is 4.86.